The van der Waals surface area contributed by atoms with Crippen LogP contribution in [0.5, 0.6) is 0 Å². The van der Waals surface area contributed by atoms with E-state index in [4.69, 9.17) is 19.9 Å². The fourth-order valence-corrected chi connectivity index (χ4v) is 14.3. The number of hydrogen-bond acceptors (Lipinski definition) is 5. The second kappa shape index (κ2) is 20.7. The number of hydrogen-bond donors (Lipinski definition) is 0. The van der Waals surface area contributed by atoms with Gasteiger partial charge in [0.25, 0.3) is 0 Å². The Morgan fingerprint density at radius 3 is 0.793 bits per heavy atom. The number of rotatable bonds is 9. The lowest BCUT2D eigenvalue weighted by molar-refractivity contribution is -0.137. The predicted molar refractivity (Wildman–Crippen MR) is 365 cm³/mol. The van der Waals surface area contributed by atoms with Crippen molar-refractivity contribution in [2.24, 2.45) is 0 Å². The van der Waals surface area contributed by atoms with Gasteiger partial charge in [0, 0.05) is 108 Å². The van der Waals surface area contributed by atoms with Gasteiger partial charge < -0.3 is 18.3 Å². The summed E-state index contributed by atoms with van der Waals surface area (Å²) in [5, 5.41) is 6.41. The second-order valence-corrected chi connectivity index (χ2v) is 23.1. The molecular weight excluding hydrogens is 1140 g/mol. The molecule has 9 aromatic heterocycles. The van der Waals surface area contributed by atoms with Crippen LogP contribution in [0.2, 0.25) is 0 Å². The van der Waals surface area contributed by atoms with Crippen molar-refractivity contribution in [1.82, 2.24) is 43.2 Å². The highest BCUT2D eigenvalue weighted by Crippen LogP contribution is 2.56. The first kappa shape index (κ1) is 52.8. The standard InChI is InChI=1S/C80H48F3N9/c81-80(82,83)75-78(91-66-25-5-1-17-54(66)55-18-2-6-26-67(55)91)76(89-70-33-29-50(62-21-9-13-39-85-62)45-58(70)59-46-51(30-34-71(59)89)63-22-10-14-40-86-63)74(49-37-43-84-44-38-49)77(79(75)92-68-27-7-3-19-56(68)57-20-4-8-28-69(57)92)90-72-35-31-52(64-23-11-15-41-87-64)47-60(72)61-48-53(32-36-73(61)90)65-24-12-16-42-88-65/h1-48H. The summed E-state index contributed by atoms with van der Waals surface area (Å²) in [6, 6.07) is 83.1. The number of fused-ring (bicyclic) bond motifs is 12. The Kier molecular flexibility index (Phi) is 11.9. The number of pyridine rings is 5. The van der Waals surface area contributed by atoms with E-state index >= 15 is 13.2 Å². The fraction of sp³-hybridized carbons (Fsp3) is 0.0125. The van der Waals surface area contributed by atoms with Crippen molar-refractivity contribution in [2.75, 3.05) is 0 Å². The minimum Gasteiger partial charge on any atom is -0.306 e. The van der Waals surface area contributed by atoms with Crippen LogP contribution in [-0.4, -0.2) is 43.2 Å². The third-order valence-electron chi connectivity index (χ3n) is 18.1. The smallest absolute Gasteiger partial charge is 0.306 e. The molecule has 92 heavy (non-hydrogen) atoms. The Morgan fingerprint density at radius 2 is 0.511 bits per heavy atom. The van der Waals surface area contributed by atoms with Gasteiger partial charge in [0.05, 0.1) is 89.7 Å². The van der Waals surface area contributed by atoms with Crippen LogP contribution in [0, 0.1) is 0 Å². The van der Waals surface area contributed by atoms with Crippen LogP contribution in [0.25, 0.3) is 166 Å². The molecule has 0 unspecified atom stereocenters. The molecule has 9 heterocycles. The average molecular weight is 1190 g/mol. The van der Waals surface area contributed by atoms with Crippen LogP contribution >= 0.6 is 0 Å². The van der Waals surface area contributed by atoms with E-state index in [1.807, 2.05) is 240 Å². The van der Waals surface area contributed by atoms with Gasteiger partial charge in [-0.25, -0.2) is 0 Å². The zero-order valence-electron chi connectivity index (χ0n) is 48.9. The maximum Gasteiger partial charge on any atom is 0.420 e. The zero-order valence-corrected chi connectivity index (χ0v) is 48.9. The van der Waals surface area contributed by atoms with E-state index in [2.05, 4.69) is 38.4 Å². The molecule has 0 atom stereocenters. The van der Waals surface area contributed by atoms with Crippen LogP contribution in [0.1, 0.15) is 5.56 Å². The summed E-state index contributed by atoms with van der Waals surface area (Å²) in [4.78, 5) is 23.9. The normalized spacial score (nSPS) is 12.1. The molecule has 0 saturated heterocycles. The molecule has 0 N–H and O–H groups in total. The molecule has 0 bridgehead atoms. The Morgan fingerprint density at radius 1 is 0.239 bits per heavy atom. The third kappa shape index (κ3) is 8.10. The number of aromatic nitrogens is 9. The van der Waals surface area contributed by atoms with E-state index in [9.17, 15) is 0 Å². The van der Waals surface area contributed by atoms with Crippen LogP contribution in [-0.2, 0) is 6.18 Å². The molecule has 9 nitrogen and oxygen atoms in total. The van der Waals surface area contributed by atoms with Crippen molar-refractivity contribution in [3.63, 3.8) is 0 Å². The summed E-state index contributed by atoms with van der Waals surface area (Å²) in [7, 11) is 0. The Labute approximate surface area is 523 Å². The molecule has 18 aromatic rings. The topological polar surface area (TPSA) is 84.2 Å². The molecular formula is C80H48F3N9. The molecule has 0 aliphatic carbocycles. The molecule has 0 aliphatic heterocycles. The quantitative estimate of drug-likeness (QED) is 0.144. The van der Waals surface area contributed by atoms with Crippen LogP contribution in [0.3, 0.4) is 0 Å². The molecule has 18 rings (SSSR count). The average Bonchev–Trinajstić information content (AvgIpc) is 1.01. The summed E-state index contributed by atoms with van der Waals surface area (Å²) in [5.41, 5.74) is 12.1. The van der Waals surface area contributed by atoms with Crippen LogP contribution in [0.4, 0.5) is 13.2 Å². The number of nitrogens with zero attached hydrogens (tertiary/aromatic N) is 9. The molecule has 0 saturated carbocycles. The van der Waals surface area contributed by atoms with Crippen molar-refractivity contribution in [1.29, 1.82) is 0 Å². The van der Waals surface area contributed by atoms with Crippen molar-refractivity contribution in [3.05, 3.63) is 298 Å². The summed E-state index contributed by atoms with van der Waals surface area (Å²) in [5.74, 6) is 0. The summed E-state index contributed by atoms with van der Waals surface area (Å²) in [6.45, 7) is 0. The maximum absolute atomic E-state index is 19.0. The van der Waals surface area contributed by atoms with Gasteiger partial charge in [-0.3, -0.25) is 24.9 Å². The fourth-order valence-electron chi connectivity index (χ4n) is 14.3. The van der Waals surface area contributed by atoms with E-state index in [1.54, 1.807) is 37.2 Å². The lowest BCUT2D eigenvalue weighted by Gasteiger charge is -2.31. The van der Waals surface area contributed by atoms with Gasteiger partial charge in [0.15, 0.2) is 0 Å². The molecule has 0 aliphatic rings. The Balaban J connectivity index is 1.14. The summed E-state index contributed by atoms with van der Waals surface area (Å²) >= 11 is 0. The SMILES string of the molecule is FC(F)(F)c1c(-n2c3ccccc3c3ccccc32)c(-n2c3ccc(-c4ccccn4)cc3c3cc(-c4ccccn4)ccc32)c(-c2ccncc2)c(-n2c3ccc(-c4ccccn4)cc3c3cc(-c4ccccn4)ccc32)c1-n1c2ccccc2c2ccccc21. The molecule has 434 valence electrons. The summed E-state index contributed by atoms with van der Waals surface area (Å²) < 4.78 is 64.9. The van der Waals surface area contributed by atoms with Crippen molar-refractivity contribution < 1.29 is 13.2 Å². The lowest BCUT2D eigenvalue weighted by atomic mass is 9.93. The van der Waals surface area contributed by atoms with Gasteiger partial charge in [-0.2, -0.15) is 13.2 Å². The highest BCUT2D eigenvalue weighted by molar-refractivity contribution is 6.18. The third-order valence-corrected chi connectivity index (χ3v) is 18.1. The predicted octanol–water partition coefficient (Wildman–Crippen LogP) is 20.4. The van der Waals surface area contributed by atoms with Gasteiger partial charge in [-0.1, -0.05) is 121 Å². The van der Waals surface area contributed by atoms with E-state index in [0.29, 0.717) is 55.3 Å². The molecule has 0 spiro atoms. The minimum absolute atomic E-state index is 0.0700. The molecule has 12 heteroatoms. The van der Waals surface area contributed by atoms with E-state index in [1.165, 1.54) is 0 Å². The number of halogens is 3. The number of benzene rings is 9. The first-order chi connectivity index (χ1) is 45.3. The molecule has 9 aromatic carbocycles. The van der Waals surface area contributed by atoms with Crippen LogP contribution in [0.15, 0.2) is 292 Å². The largest absolute Gasteiger partial charge is 0.420 e. The number of alkyl halides is 3. The monoisotopic (exact) mass is 1190 g/mol. The van der Waals surface area contributed by atoms with Crippen molar-refractivity contribution in [3.8, 4) is 78.9 Å². The maximum atomic E-state index is 19.0. The van der Waals surface area contributed by atoms with Crippen molar-refractivity contribution in [2.45, 2.75) is 6.18 Å². The molecule has 0 radical (unpaired) electrons. The molecule has 0 amide bonds. The second-order valence-electron chi connectivity index (χ2n) is 23.1. The Bertz CT molecular complexity index is 5340. The summed E-state index contributed by atoms with van der Waals surface area (Å²) in [6.07, 6.45) is 5.45. The minimum atomic E-state index is -5.10. The van der Waals surface area contributed by atoms with E-state index in [-0.39, 0.29) is 22.7 Å². The van der Waals surface area contributed by atoms with Crippen molar-refractivity contribution >= 4 is 87.2 Å². The first-order valence-corrected chi connectivity index (χ1v) is 30.4. The highest BCUT2D eigenvalue weighted by atomic mass is 19.4. The lowest BCUT2D eigenvalue weighted by Crippen LogP contribution is -2.22. The van der Waals surface area contributed by atoms with Crippen LogP contribution < -0.4 is 0 Å². The molecule has 0 fully saturated rings. The van der Waals surface area contributed by atoms with Gasteiger partial charge in [-0.05, 0) is 139 Å². The zero-order chi connectivity index (χ0) is 61.2. The van der Waals surface area contributed by atoms with Gasteiger partial charge >= 0.3 is 6.18 Å². The van der Waals surface area contributed by atoms with Gasteiger partial charge in [0.1, 0.15) is 5.56 Å². The Hall–Kier alpha value is -12.3. The first-order valence-electron chi connectivity index (χ1n) is 30.4. The van der Waals surface area contributed by atoms with E-state index in [0.717, 1.165) is 88.1 Å². The highest BCUT2D eigenvalue weighted by Gasteiger charge is 2.45. The van der Waals surface area contributed by atoms with Gasteiger partial charge in [0.2, 0.25) is 0 Å². The number of para-hydroxylation sites is 4. The van der Waals surface area contributed by atoms with E-state index < -0.39 is 11.7 Å². The van der Waals surface area contributed by atoms with Gasteiger partial charge in [-0.15, -0.1) is 0 Å².